The monoisotopic (exact) mass is 401 g/mol. The van der Waals surface area contributed by atoms with Crippen LogP contribution in [0.1, 0.15) is 28.8 Å². The number of amides is 3. The number of nitrogens with one attached hydrogen (secondary N) is 1. The minimum Gasteiger partial charge on any atom is -0.324 e. The molecular formula is C25H27N3O2. The zero-order chi connectivity index (χ0) is 20.9. The van der Waals surface area contributed by atoms with Crippen LogP contribution in [0.4, 0.5) is 4.79 Å². The van der Waals surface area contributed by atoms with Gasteiger partial charge in [-0.15, -0.1) is 0 Å². The molecule has 154 valence electrons. The Hall–Kier alpha value is -3.18. The molecule has 30 heavy (non-hydrogen) atoms. The number of likely N-dealkylation sites (tertiary alicyclic amines) is 1. The number of benzene rings is 3. The SMILES string of the molecule is CN(C(=O)NC(=O)c1ccccc1)C1CCN(Cc2ccc3ccccc3c2)CC1. The van der Waals surface area contributed by atoms with Gasteiger partial charge < -0.3 is 4.90 Å². The van der Waals surface area contributed by atoms with Crippen LogP contribution in [0.3, 0.4) is 0 Å². The van der Waals surface area contributed by atoms with Gasteiger partial charge in [0.1, 0.15) is 0 Å². The summed E-state index contributed by atoms with van der Waals surface area (Å²) in [6, 6.07) is 23.7. The zero-order valence-electron chi connectivity index (χ0n) is 17.3. The van der Waals surface area contributed by atoms with E-state index < -0.39 is 0 Å². The third-order valence-electron chi connectivity index (χ3n) is 5.90. The van der Waals surface area contributed by atoms with Gasteiger partial charge in [0.15, 0.2) is 0 Å². The Bertz CT molecular complexity index is 1030. The van der Waals surface area contributed by atoms with Gasteiger partial charge in [0.25, 0.3) is 5.91 Å². The van der Waals surface area contributed by atoms with E-state index in [0.717, 1.165) is 32.5 Å². The van der Waals surface area contributed by atoms with E-state index in [1.807, 2.05) is 6.07 Å². The molecule has 0 saturated carbocycles. The van der Waals surface area contributed by atoms with Gasteiger partial charge in [-0.05, 0) is 47.4 Å². The third-order valence-corrected chi connectivity index (χ3v) is 5.90. The fourth-order valence-corrected chi connectivity index (χ4v) is 4.07. The van der Waals surface area contributed by atoms with E-state index in [0.29, 0.717) is 5.56 Å². The number of carbonyl (C=O) groups is 2. The van der Waals surface area contributed by atoms with Crippen molar-refractivity contribution in [2.24, 2.45) is 0 Å². The van der Waals surface area contributed by atoms with Crippen LogP contribution in [-0.4, -0.2) is 47.9 Å². The molecule has 0 spiro atoms. The molecule has 0 aliphatic carbocycles. The number of nitrogens with zero attached hydrogens (tertiary/aromatic N) is 2. The van der Waals surface area contributed by atoms with Gasteiger partial charge >= 0.3 is 6.03 Å². The molecule has 3 amide bonds. The maximum Gasteiger partial charge on any atom is 0.324 e. The van der Waals surface area contributed by atoms with Crippen LogP contribution in [0, 0.1) is 0 Å². The molecule has 0 aromatic heterocycles. The molecule has 5 heteroatoms. The second kappa shape index (κ2) is 9.09. The topological polar surface area (TPSA) is 52.7 Å². The minimum atomic E-state index is -0.360. The van der Waals surface area contributed by atoms with E-state index in [2.05, 4.69) is 52.7 Å². The molecule has 1 aliphatic rings. The lowest BCUT2D eigenvalue weighted by Gasteiger charge is -2.36. The molecule has 1 fully saturated rings. The van der Waals surface area contributed by atoms with Crippen molar-refractivity contribution in [1.82, 2.24) is 15.1 Å². The van der Waals surface area contributed by atoms with E-state index in [-0.39, 0.29) is 18.0 Å². The molecule has 1 heterocycles. The zero-order valence-corrected chi connectivity index (χ0v) is 17.3. The van der Waals surface area contributed by atoms with Gasteiger partial charge in [-0.2, -0.15) is 0 Å². The Morgan fingerprint density at radius 1 is 0.933 bits per heavy atom. The molecule has 3 aromatic carbocycles. The molecular weight excluding hydrogens is 374 g/mol. The third kappa shape index (κ3) is 4.69. The average Bonchev–Trinajstić information content (AvgIpc) is 2.79. The summed E-state index contributed by atoms with van der Waals surface area (Å²) in [4.78, 5) is 28.8. The highest BCUT2D eigenvalue weighted by Gasteiger charge is 2.26. The van der Waals surface area contributed by atoms with Crippen molar-refractivity contribution < 1.29 is 9.59 Å². The Kier molecular flexibility index (Phi) is 6.10. The van der Waals surface area contributed by atoms with Gasteiger partial charge in [-0.25, -0.2) is 4.79 Å². The van der Waals surface area contributed by atoms with Crippen LogP contribution >= 0.6 is 0 Å². The van der Waals surface area contributed by atoms with Crippen LogP contribution in [-0.2, 0) is 6.54 Å². The van der Waals surface area contributed by atoms with Crippen molar-refractivity contribution in [2.45, 2.75) is 25.4 Å². The summed E-state index contributed by atoms with van der Waals surface area (Å²) in [5, 5.41) is 5.03. The summed E-state index contributed by atoms with van der Waals surface area (Å²) < 4.78 is 0. The fraction of sp³-hybridized carbons (Fsp3) is 0.280. The van der Waals surface area contributed by atoms with Crippen molar-refractivity contribution in [2.75, 3.05) is 20.1 Å². The maximum absolute atomic E-state index is 12.5. The number of carbonyl (C=O) groups excluding carboxylic acids is 2. The van der Waals surface area contributed by atoms with Crippen molar-refractivity contribution in [3.05, 3.63) is 83.9 Å². The van der Waals surface area contributed by atoms with Gasteiger partial charge in [0, 0.05) is 38.3 Å². The molecule has 3 aromatic rings. The number of hydrogen-bond donors (Lipinski definition) is 1. The first kappa shape index (κ1) is 20.1. The predicted octanol–water partition coefficient (Wildman–Crippen LogP) is 4.29. The fourth-order valence-electron chi connectivity index (χ4n) is 4.07. The van der Waals surface area contributed by atoms with Crippen LogP contribution in [0.2, 0.25) is 0 Å². The molecule has 0 bridgehead atoms. The summed E-state index contributed by atoms with van der Waals surface area (Å²) >= 11 is 0. The number of urea groups is 1. The predicted molar refractivity (Wildman–Crippen MR) is 119 cm³/mol. The maximum atomic E-state index is 12.5. The number of imide groups is 1. The summed E-state index contributed by atoms with van der Waals surface area (Å²) in [7, 11) is 1.78. The smallest absolute Gasteiger partial charge is 0.324 e. The Morgan fingerprint density at radius 3 is 2.33 bits per heavy atom. The Labute approximate surface area is 177 Å². The first-order valence-corrected chi connectivity index (χ1v) is 10.4. The van der Waals surface area contributed by atoms with E-state index in [1.54, 1.807) is 36.2 Å². The Balaban J connectivity index is 1.29. The molecule has 0 atom stereocenters. The lowest BCUT2D eigenvalue weighted by atomic mass is 10.0. The molecule has 1 N–H and O–H groups in total. The molecule has 4 rings (SSSR count). The highest BCUT2D eigenvalue weighted by molar-refractivity contribution is 6.04. The van der Waals surface area contributed by atoms with Crippen LogP contribution < -0.4 is 5.32 Å². The quantitative estimate of drug-likeness (QED) is 0.710. The Morgan fingerprint density at radius 2 is 1.60 bits per heavy atom. The first-order valence-electron chi connectivity index (χ1n) is 10.4. The van der Waals surface area contributed by atoms with Crippen LogP contribution in [0.5, 0.6) is 0 Å². The second-order valence-corrected chi connectivity index (χ2v) is 7.93. The summed E-state index contributed by atoms with van der Waals surface area (Å²) in [5.74, 6) is -0.360. The molecule has 1 aliphatic heterocycles. The number of piperidine rings is 1. The van der Waals surface area contributed by atoms with Gasteiger partial charge in [-0.3, -0.25) is 15.0 Å². The normalized spacial score (nSPS) is 15.1. The first-order chi connectivity index (χ1) is 14.6. The highest BCUT2D eigenvalue weighted by Crippen LogP contribution is 2.20. The summed E-state index contributed by atoms with van der Waals surface area (Å²) in [6.07, 6.45) is 1.80. The van der Waals surface area contributed by atoms with E-state index in [9.17, 15) is 9.59 Å². The van der Waals surface area contributed by atoms with E-state index in [1.165, 1.54) is 16.3 Å². The number of hydrogen-bond acceptors (Lipinski definition) is 3. The average molecular weight is 402 g/mol. The minimum absolute atomic E-state index is 0.140. The second-order valence-electron chi connectivity index (χ2n) is 7.93. The van der Waals surface area contributed by atoms with E-state index >= 15 is 0 Å². The molecule has 1 saturated heterocycles. The van der Waals surface area contributed by atoms with Crippen molar-refractivity contribution in [1.29, 1.82) is 0 Å². The van der Waals surface area contributed by atoms with Crippen molar-refractivity contribution in [3.8, 4) is 0 Å². The van der Waals surface area contributed by atoms with Crippen molar-refractivity contribution >= 4 is 22.7 Å². The number of fused-ring (bicyclic) bond motifs is 1. The van der Waals surface area contributed by atoms with Crippen molar-refractivity contribution in [3.63, 3.8) is 0 Å². The lowest BCUT2D eigenvalue weighted by molar-refractivity contribution is 0.0933. The van der Waals surface area contributed by atoms with Gasteiger partial charge in [0.05, 0.1) is 0 Å². The van der Waals surface area contributed by atoms with Crippen LogP contribution in [0.15, 0.2) is 72.8 Å². The summed E-state index contributed by atoms with van der Waals surface area (Å²) in [6.45, 7) is 2.78. The molecule has 0 radical (unpaired) electrons. The van der Waals surface area contributed by atoms with Gasteiger partial charge in [0.2, 0.25) is 0 Å². The molecule has 5 nitrogen and oxygen atoms in total. The van der Waals surface area contributed by atoms with Gasteiger partial charge in [-0.1, -0.05) is 54.6 Å². The van der Waals surface area contributed by atoms with Crippen LogP contribution in [0.25, 0.3) is 10.8 Å². The summed E-state index contributed by atoms with van der Waals surface area (Å²) in [5.41, 5.74) is 1.80. The highest BCUT2D eigenvalue weighted by atomic mass is 16.2. The largest absolute Gasteiger partial charge is 0.324 e. The van der Waals surface area contributed by atoms with E-state index in [4.69, 9.17) is 0 Å². The lowest BCUT2D eigenvalue weighted by Crippen LogP contribution is -2.49. The number of rotatable bonds is 4. The molecule has 0 unspecified atom stereocenters. The standard InChI is InChI=1S/C25H27N3O2/c1-27(25(30)26-24(29)21-8-3-2-4-9-21)23-13-15-28(16-14-23)18-19-11-12-20-7-5-6-10-22(20)17-19/h2-12,17,23H,13-16,18H2,1H3,(H,26,29,30).